The van der Waals surface area contributed by atoms with Crippen LogP contribution < -0.4 is 40.1 Å². The van der Waals surface area contributed by atoms with E-state index in [1.165, 1.54) is 79.7 Å². The van der Waals surface area contributed by atoms with E-state index in [0.717, 1.165) is 53.0 Å². The number of nitrogens with two attached hydrogens (primary N) is 7. The maximum absolute atomic E-state index is 13.1. The molecule has 0 aromatic heterocycles. The number of carboxylic acid groups (broad SMARTS) is 2. The van der Waals surface area contributed by atoms with Crippen molar-refractivity contribution in [2.45, 2.75) is 55.4 Å². The molecule has 0 unspecified atom stereocenters. The third-order valence-electron chi connectivity index (χ3n) is 14.9. The van der Waals surface area contributed by atoms with E-state index in [0.29, 0.717) is 55.8 Å². The van der Waals surface area contributed by atoms with Crippen LogP contribution in [-0.4, -0.2) is 122 Å². The number of hydrogen-bond donors (Lipinski definition) is 10. The second kappa shape index (κ2) is 57.7. The Labute approximate surface area is 766 Å². The molecule has 51 heteroatoms. The molecule has 10 rings (SSSR count). The zero-order valence-electron chi connectivity index (χ0n) is 69.8. The number of nitrogen functional groups attached to an aromatic ring is 7. The number of rotatable bonds is 16. The number of aliphatic hydroxyl groups is 1. The van der Waals surface area contributed by atoms with Crippen molar-refractivity contribution in [1.82, 2.24) is 0 Å². The number of carbonyl (C=O) groups is 7. The fraction of sp³-hybridized carbons (Fsp3) is 0.173. The minimum atomic E-state index is -2.11. The van der Waals surface area contributed by atoms with Crippen LogP contribution in [0.25, 0.3) is 0 Å². The van der Waals surface area contributed by atoms with Crippen LogP contribution in [0.2, 0.25) is 10.0 Å². The zero-order chi connectivity index (χ0) is 102. The number of nitro groups is 5. The molecule has 0 bridgehead atoms. The third kappa shape index (κ3) is 37.7. The first-order valence-corrected chi connectivity index (χ1v) is 38.4. The topological polar surface area (TPSA) is 624 Å². The number of halogens is 14. The van der Waals surface area contributed by atoms with E-state index in [1.807, 2.05) is 6.92 Å². The maximum atomic E-state index is 13.1. The van der Waals surface area contributed by atoms with Gasteiger partial charge in [-0.2, -0.15) is 0 Å². The number of non-ortho nitro benzene ring substituents is 3. The van der Waals surface area contributed by atoms with E-state index >= 15 is 0 Å². The molecule has 0 aliphatic heterocycles. The number of anilines is 7. The molecule has 17 N–H and O–H groups in total. The van der Waals surface area contributed by atoms with Crippen molar-refractivity contribution >= 4 is 165 Å². The molecule has 0 aliphatic rings. The van der Waals surface area contributed by atoms with Crippen LogP contribution in [0.15, 0.2) is 155 Å². The summed E-state index contributed by atoms with van der Waals surface area (Å²) in [5.41, 5.74) is 33.9. The summed E-state index contributed by atoms with van der Waals surface area (Å²) in [5, 5.41) is 76.6. The average molecular weight is 2040 g/mol. The van der Waals surface area contributed by atoms with Crippen LogP contribution in [0.5, 0.6) is 0 Å². The molecule has 0 amide bonds. The van der Waals surface area contributed by atoms with Crippen molar-refractivity contribution in [3.63, 3.8) is 0 Å². The van der Waals surface area contributed by atoms with Crippen molar-refractivity contribution < 1.29 is 141 Å². The van der Waals surface area contributed by atoms with Gasteiger partial charge in [-0.1, -0.05) is 51.3 Å². The molecular formula is C81H78Br2Cl2F10N12O25. The normalized spacial score (nSPS) is 9.70. The van der Waals surface area contributed by atoms with Gasteiger partial charge in [0.25, 0.3) is 28.4 Å². The van der Waals surface area contributed by atoms with Crippen LogP contribution in [-0.2, 0) is 23.7 Å². The number of esters is 5. The molecule has 0 aliphatic carbocycles. The Morgan fingerprint density at radius 1 is 0.348 bits per heavy atom. The molecule has 132 heavy (non-hydrogen) atoms. The molecule has 0 heterocycles. The van der Waals surface area contributed by atoms with Crippen LogP contribution in [0.4, 0.5) is 112 Å². The second-order valence-corrected chi connectivity index (χ2v) is 26.8. The highest BCUT2D eigenvalue weighted by Crippen LogP contribution is 2.31. The number of carbonyl (C=O) groups excluding carboxylic acids is 5. The quantitative estimate of drug-likeness (QED) is 0.00817. The Balaban J connectivity index is 0.00000144. The average Bonchev–Trinajstić information content (AvgIpc) is 0.789. The fourth-order valence-electron chi connectivity index (χ4n) is 8.53. The van der Waals surface area contributed by atoms with Gasteiger partial charge in [-0.3, -0.25) is 50.6 Å². The number of aryl methyl sites for hydroxylation is 3. The van der Waals surface area contributed by atoms with Crippen LogP contribution in [0, 0.1) is 130 Å². The monoisotopic (exact) mass is 2040 g/mol. The zero-order valence-corrected chi connectivity index (χ0v) is 74.5. The van der Waals surface area contributed by atoms with Gasteiger partial charge in [0.15, 0.2) is 46.5 Å². The van der Waals surface area contributed by atoms with E-state index in [2.05, 4.69) is 51.8 Å². The number of methoxy groups -OCH3 is 1. The predicted octanol–water partition coefficient (Wildman–Crippen LogP) is 18.5. The minimum absolute atomic E-state index is 0.0283. The molecule has 37 nitrogen and oxygen atoms in total. The number of aromatic carboxylic acids is 2. The van der Waals surface area contributed by atoms with E-state index in [-0.39, 0.29) is 82.3 Å². The van der Waals surface area contributed by atoms with Crippen LogP contribution >= 0.6 is 55.1 Å². The van der Waals surface area contributed by atoms with Crippen molar-refractivity contribution in [2.24, 2.45) is 0 Å². The van der Waals surface area contributed by atoms with Crippen molar-refractivity contribution in [1.29, 1.82) is 0 Å². The number of hydrogen-bond acceptors (Lipinski definition) is 30. The van der Waals surface area contributed by atoms with Gasteiger partial charge >= 0.3 is 41.8 Å². The fourth-order valence-corrected chi connectivity index (χ4v) is 9.90. The molecular weight excluding hydrogens is 1960 g/mol. The largest absolute Gasteiger partial charge is 0.477 e. The Hall–Kier alpha value is -15.1. The van der Waals surface area contributed by atoms with E-state index in [4.69, 9.17) is 82.4 Å². The summed E-state index contributed by atoms with van der Waals surface area (Å²) in [7, 11) is 1.16. The molecule has 10 aromatic rings. The predicted molar refractivity (Wildman–Crippen MR) is 470 cm³/mol. The molecule has 0 fully saturated rings. The second-order valence-electron chi connectivity index (χ2n) is 24.2. The van der Waals surface area contributed by atoms with Crippen molar-refractivity contribution in [2.75, 3.05) is 80.3 Å². The van der Waals surface area contributed by atoms with Gasteiger partial charge in [-0.05, 0) is 173 Å². The van der Waals surface area contributed by atoms with Gasteiger partial charge in [0.1, 0.15) is 45.3 Å². The lowest BCUT2D eigenvalue weighted by atomic mass is 10.1. The lowest BCUT2D eigenvalue weighted by molar-refractivity contribution is -0.385. The highest BCUT2D eigenvalue weighted by molar-refractivity contribution is 9.10. The first-order valence-electron chi connectivity index (χ1n) is 36.1. The van der Waals surface area contributed by atoms with Gasteiger partial charge in [0.05, 0.1) is 91.0 Å². The van der Waals surface area contributed by atoms with Crippen molar-refractivity contribution in [3.05, 3.63) is 329 Å². The van der Waals surface area contributed by atoms with Crippen molar-refractivity contribution in [3.8, 4) is 0 Å². The Kier molecular flexibility index (Phi) is 51.1. The van der Waals surface area contributed by atoms with Crippen LogP contribution in [0.1, 0.15) is 124 Å². The molecule has 710 valence electrons. The summed E-state index contributed by atoms with van der Waals surface area (Å²) < 4.78 is 153. The first kappa shape index (κ1) is 117. The number of benzene rings is 10. The Morgan fingerprint density at radius 2 is 0.674 bits per heavy atom. The summed E-state index contributed by atoms with van der Waals surface area (Å²) in [6.07, 6.45) is 0. The highest BCUT2D eigenvalue weighted by Gasteiger charge is 2.31. The summed E-state index contributed by atoms with van der Waals surface area (Å²) in [5.74, 6) is -23.6. The highest BCUT2D eigenvalue weighted by atomic mass is 79.9. The third-order valence-corrected chi connectivity index (χ3v) is 17.2. The Bertz CT molecular complexity index is 5490. The summed E-state index contributed by atoms with van der Waals surface area (Å²) >= 11 is 17.9. The van der Waals surface area contributed by atoms with Gasteiger partial charge < -0.3 is 79.1 Å². The SMILES string of the molecule is CCO.CCOC(=O)c1c(F)c(F)c(N)c(F)c1F.CCOC(=O)c1ccc(N)cc1Br.CCOC(=O)c1ccc(N)cc1Cl.CCOC(=O)c1ccc(N)cc1F.COC(=O)c1ccc(N)cc1[N+](=O)[O-].Cc1ccc([N+](=O)[O-])cc1Br.Cc1ccc([N+](=O)[O-])cc1Cl.Cc1ccc([N+](=O)[O-])cc1F.Nc1c(F)c(F)c(C(=O)O)c(F)c1F.Nc1ccc(C(=O)O)c([N+](=O)[O-])c1. The smallest absolute Gasteiger partial charge is 0.344 e. The van der Waals surface area contributed by atoms with Gasteiger partial charge in [-0.25, -0.2) is 77.5 Å². The summed E-state index contributed by atoms with van der Waals surface area (Å²) in [6, 6.07) is 33.4. The van der Waals surface area contributed by atoms with E-state index in [1.54, 1.807) is 84.0 Å². The van der Waals surface area contributed by atoms with Gasteiger partial charge in [-0.15, -0.1) is 0 Å². The number of aliphatic hydroxyl groups excluding tert-OH is 1. The number of carboxylic acids is 2. The van der Waals surface area contributed by atoms with Gasteiger partial charge in [0.2, 0.25) is 0 Å². The standard InChI is InChI=1S/C9H10BrNO2.C9H10ClNO2.C9H7F4NO2.C9H10FNO2.C8H8N2O4.C7H6BrNO2.C7H6ClNO2.C7H3F4NO2.C7H6FNO2.C7H6N2O4.C2H6O/c2*1-2-13-9(12)7-4-3-6(11)5-8(7)10;1-2-16-9(15)3-4(10)6(12)8(14)7(13)5(3)11;1-2-13-9(12)7-4-3-6(11)5-8(7)10;1-14-8(11)6-3-2-5(9)4-7(6)10(12)13;2*1-5-2-3-6(9(10)11)4-7(5)8;8-2-1(7(13)14)3(9)5(11)6(12)4(2)10;1-5-2-3-6(9(10)11)4-7(5)8;8-4-1-2-5(7(10)11)6(3-4)9(12)13;1-2-3/h2*3-5H,2,11H2,1H3;2,14H2,1H3;3-5H,2,11H2,1H3;2-4H,9H2,1H3;2*2-4H,1H3;12H2,(H,13,14);2-4H,1H3;1-3H,8H2,(H,10,11);3H,2H2,1H3. The number of nitro benzene ring substituents is 5. The number of ether oxygens (including phenoxy) is 5. The van der Waals surface area contributed by atoms with E-state index in [9.17, 15) is 128 Å². The summed E-state index contributed by atoms with van der Waals surface area (Å²) in [6.45, 7) is 14.4. The maximum Gasteiger partial charge on any atom is 0.344 e. The molecule has 0 spiro atoms. The van der Waals surface area contributed by atoms with Crippen LogP contribution in [0.3, 0.4) is 0 Å². The Morgan fingerprint density at radius 3 is 1.03 bits per heavy atom. The van der Waals surface area contributed by atoms with Gasteiger partial charge in [0, 0.05) is 86.5 Å². The number of nitrogens with zero attached hydrogens (tertiary/aromatic N) is 5. The first-order chi connectivity index (χ1) is 61.5. The molecule has 0 saturated carbocycles. The summed E-state index contributed by atoms with van der Waals surface area (Å²) in [4.78, 5) is 125. The lowest BCUT2D eigenvalue weighted by Crippen LogP contribution is -2.15. The lowest BCUT2D eigenvalue weighted by Gasteiger charge is -2.08. The molecule has 0 radical (unpaired) electrons. The molecule has 10 aromatic carbocycles. The van der Waals surface area contributed by atoms with E-state index < -0.39 is 147 Å². The molecule has 0 saturated heterocycles. The minimum Gasteiger partial charge on any atom is -0.477 e. The molecule has 0 atom stereocenters.